The van der Waals surface area contributed by atoms with E-state index in [4.69, 9.17) is 11.6 Å². The minimum Gasteiger partial charge on any atom is -0.367 e. The molecule has 0 spiro atoms. The van der Waals surface area contributed by atoms with Crippen LogP contribution in [0.2, 0.25) is 5.02 Å². The number of anilines is 1. The Bertz CT molecular complexity index is 792. The van der Waals surface area contributed by atoms with Crippen molar-refractivity contribution >= 4 is 17.4 Å². The van der Waals surface area contributed by atoms with Gasteiger partial charge < -0.3 is 9.88 Å². The lowest BCUT2D eigenvalue weighted by atomic mass is 9.58. The van der Waals surface area contributed by atoms with Crippen LogP contribution in [0.1, 0.15) is 44.0 Å². The summed E-state index contributed by atoms with van der Waals surface area (Å²) in [6, 6.07) is 1.64. The SMILES string of the molecule is CC1CC(c2cc(NC3CC(F)(F)C3)ncc2Cl)(c2nncn2C)C1. The molecule has 2 heterocycles. The van der Waals surface area contributed by atoms with E-state index in [1.165, 1.54) is 0 Å². The number of rotatable bonds is 4. The van der Waals surface area contributed by atoms with Crippen molar-refractivity contribution in [2.24, 2.45) is 13.0 Å². The topological polar surface area (TPSA) is 55.6 Å². The average Bonchev–Trinajstić information content (AvgIpc) is 2.90. The molecule has 0 atom stereocenters. The standard InChI is InChI=1S/C17H20ClF2N5/c1-10-4-16(5-10,15-24-22-9-25(15)2)12-3-14(21-8-13(12)18)23-11-6-17(19,20)7-11/h3,8-11H,4-7H2,1-2H3,(H,21,23). The number of alkyl halides is 2. The highest BCUT2D eigenvalue weighted by atomic mass is 35.5. The van der Waals surface area contributed by atoms with E-state index in [0.717, 1.165) is 24.2 Å². The molecule has 134 valence electrons. The second-order valence-corrected chi connectivity index (χ2v) is 7.92. The van der Waals surface area contributed by atoms with Gasteiger partial charge in [-0.3, -0.25) is 0 Å². The molecule has 0 radical (unpaired) electrons. The molecule has 2 saturated carbocycles. The van der Waals surface area contributed by atoms with Crippen LogP contribution in [0.3, 0.4) is 0 Å². The lowest BCUT2D eigenvalue weighted by Gasteiger charge is -2.46. The summed E-state index contributed by atoms with van der Waals surface area (Å²) in [7, 11) is 1.92. The van der Waals surface area contributed by atoms with Crippen molar-refractivity contribution in [1.29, 1.82) is 0 Å². The number of aryl methyl sites for hydroxylation is 1. The molecule has 2 aromatic rings. The van der Waals surface area contributed by atoms with Crippen LogP contribution < -0.4 is 5.32 Å². The van der Waals surface area contributed by atoms with E-state index in [9.17, 15) is 8.78 Å². The van der Waals surface area contributed by atoms with Crippen LogP contribution in [0.4, 0.5) is 14.6 Å². The smallest absolute Gasteiger partial charge is 0.252 e. The Labute approximate surface area is 149 Å². The van der Waals surface area contributed by atoms with Gasteiger partial charge in [-0.15, -0.1) is 10.2 Å². The van der Waals surface area contributed by atoms with E-state index in [1.54, 1.807) is 12.5 Å². The summed E-state index contributed by atoms with van der Waals surface area (Å²) in [5.74, 6) is -0.542. The molecule has 0 aliphatic heterocycles. The number of nitrogens with one attached hydrogen (secondary N) is 1. The van der Waals surface area contributed by atoms with E-state index < -0.39 is 5.92 Å². The number of halogens is 3. The van der Waals surface area contributed by atoms with E-state index in [1.807, 2.05) is 17.7 Å². The lowest BCUT2D eigenvalue weighted by Crippen LogP contribution is -2.45. The quantitative estimate of drug-likeness (QED) is 0.893. The second kappa shape index (κ2) is 5.62. The van der Waals surface area contributed by atoms with Gasteiger partial charge in [-0.05, 0) is 30.4 Å². The number of hydrogen-bond acceptors (Lipinski definition) is 4. The summed E-state index contributed by atoms with van der Waals surface area (Å²) in [6.45, 7) is 2.19. The largest absolute Gasteiger partial charge is 0.367 e. The first-order valence-corrected chi connectivity index (χ1v) is 8.82. The van der Waals surface area contributed by atoms with Gasteiger partial charge in [0.25, 0.3) is 5.92 Å². The van der Waals surface area contributed by atoms with Gasteiger partial charge in [-0.2, -0.15) is 0 Å². The summed E-state index contributed by atoms with van der Waals surface area (Å²) >= 11 is 6.47. The van der Waals surface area contributed by atoms with Crippen LogP contribution in [-0.2, 0) is 12.5 Å². The van der Waals surface area contributed by atoms with E-state index >= 15 is 0 Å². The maximum absolute atomic E-state index is 13.1. The minimum absolute atomic E-state index is 0.155. The molecule has 0 bridgehead atoms. The van der Waals surface area contributed by atoms with Crippen LogP contribution in [-0.4, -0.2) is 31.7 Å². The van der Waals surface area contributed by atoms with Gasteiger partial charge in [0.05, 0.1) is 10.4 Å². The van der Waals surface area contributed by atoms with Crippen LogP contribution in [0.15, 0.2) is 18.6 Å². The van der Waals surface area contributed by atoms with Crippen LogP contribution >= 0.6 is 11.6 Å². The molecule has 8 heteroatoms. The molecular weight excluding hydrogens is 348 g/mol. The van der Waals surface area contributed by atoms with Crippen molar-refractivity contribution < 1.29 is 8.78 Å². The third-order valence-electron chi connectivity index (χ3n) is 5.35. The molecule has 0 saturated heterocycles. The molecule has 0 amide bonds. The van der Waals surface area contributed by atoms with Crippen molar-refractivity contribution in [3.63, 3.8) is 0 Å². The van der Waals surface area contributed by atoms with Crippen LogP contribution in [0.5, 0.6) is 0 Å². The van der Waals surface area contributed by atoms with E-state index in [-0.39, 0.29) is 24.3 Å². The molecule has 0 unspecified atom stereocenters. The molecule has 2 aromatic heterocycles. The van der Waals surface area contributed by atoms with Gasteiger partial charge in [-0.25, -0.2) is 13.8 Å². The number of nitrogens with zero attached hydrogens (tertiary/aromatic N) is 4. The second-order valence-electron chi connectivity index (χ2n) is 7.52. The maximum atomic E-state index is 13.1. The van der Waals surface area contributed by atoms with Gasteiger partial charge in [-0.1, -0.05) is 18.5 Å². The Hall–Kier alpha value is -1.76. The third-order valence-corrected chi connectivity index (χ3v) is 5.65. The lowest BCUT2D eigenvalue weighted by molar-refractivity contribution is -0.0794. The molecule has 5 nitrogen and oxygen atoms in total. The molecule has 25 heavy (non-hydrogen) atoms. The Kier molecular flexibility index (Phi) is 3.76. The molecule has 4 rings (SSSR count). The van der Waals surface area contributed by atoms with Gasteiger partial charge >= 0.3 is 0 Å². The van der Waals surface area contributed by atoms with Gasteiger partial charge in [0.15, 0.2) is 0 Å². The first-order valence-electron chi connectivity index (χ1n) is 8.44. The van der Waals surface area contributed by atoms with Crippen molar-refractivity contribution in [2.45, 2.75) is 50.0 Å². The van der Waals surface area contributed by atoms with Crippen LogP contribution in [0, 0.1) is 5.92 Å². The highest BCUT2D eigenvalue weighted by Crippen LogP contribution is 2.53. The Morgan fingerprint density at radius 1 is 1.28 bits per heavy atom. The van der Waals surface area contributed by atoms with Crippen molar-refractivity contribution in [2.75, 3.05) is 5.32 Å². The maximum Gasteiger partial charge on any atom is 0.252 e. The molecular formula is C17H20ClF2N5. The normalized spacial score (nSPS) is 28.3. The van der Waals surface area contributed by atoms with Crippen molar-refractivity contribution in [3.8, 4) is 0 Å². The minimum atomic E-state index is -2.56. The summed E-state index contributed by atoms with van der Waals surface area (Å²) in [5.41, 5.74) is 0.636. The zero-order valence-electron chi connectivity index (χ0n) is 14.1. The fraction of sp³-hybridized carbons (Fsp3) is 0.588. The zero-order valence-corrected chi connectivity index (χ0v) is 14.9. The van der Waals surface area contributed by atoms with Crippen LogP contribution in [0.25, 0.3) is 0 Å². The Morgan fingerprint density at radius 3 is 2.56 bits per heavy atom. The number of pyridine rings is 1. The van der Waals surface area contributed by atoms with Gasteiger partial charge in [0.2, 0.25) is 0 Å². The summed E-state index contributed by atoms with van der Waals surface area (Å²) in [5, 5.41) is 12.0. The van der Waals surface area contributed by atoms with Gasteiger partial charge in [0, 0.05) is 32.1 Å². The fourth-order valence-corrected chi connectivity index (χ4v) is 4.51. The van der Waals surface area contributed by atoms with Crippen molar-refractivity contribution in [1.82, 2.24) is 19.7 Å². The number of aromatic nitrogens is 4. The highest BCUT2D eigenvalue weighted by Gasteiger charge is 2.50. The molecule has 1 N–H and O–H groups in total. The molecule has 2 aliphatic carbocycles. The Balaban J connectivity index is 1.66. The number of hydrogen-bond donors (Lipinski definition) is 1. The first-order chi connectivity index (χ1) is 11.8. The highest BCUT2D eigenvalue weighted by molar-refractivity contribution is 6.31. The summed E-state index contributed by atoms with van der Waals surface area (Å²) < 4.78 is 28.0. The molecule has 2 aliphatic rings. The molecule has 2 fully saturated rings. The summed E-state index contributed by atoms with van der Waals surface area (Å²) in [4.78, 5) is 4.27. The average molecular weight is 368 g/mol. The van der Waals surface area contributed by atoms with Crippen molar-refractivity contribution in [3.05, 3.63) is 35.0 Å². The van der Waals surface area contributed by atoms with E-state index in [2.05, 4.69) is 27.4 Å². The predicted octanol–water partition coefficient (Wildman–Crippen LogP) is 3.79. The molecule has 0 aromatic carbocycles. The summed E-state index contributed by atoms with van der Waals surface area (Å²) in [6.07, 6.45) is 4.81. The zero-order chi connectivity index (χ0) is 17.8. The van der Waals surface area contributed by atoms with E-state index in [0.29, 0.717) is 16.8 Å². The third kappa shape index (κ3) is 2.78. The monoisotopic (exact) mass is 367 g/mol. The fourth-order valence-electron chi connectivity index (χ4n) is 4.23. The Morgan fingerprint density at radius 2 is 2.00 bits per heavy atom. The van der Waals surface area contributed by atoms with Gasteiger partial charge in [0.1, 0.15) is 18.0 Å². The predicted molar refractivity (Wildman–Crippen MR) is 91.0 cm³/mol. The first kappa shape index (κ1) is 16.7.